The number of amides is 1. The molecule has 1 aromatic rings. The minimum absolute atomic E-state index is 0.0503. The summed E-state index contributed by atoms with van der Waals surface area (Å²) in [5, 5.41) is 2.61. The maximum atomic E-state index is 14.4. The standard InChI is InChI=1S/C17H22FNO4/c1-11(2)13-4-6-14(7-5-13)19-15(20)10-23-16(21)17(18)8-9-22-12(17)3/h4-7,11-12H,8-10H2,1-3H3,(H,19,20). The molecule has 6 heteroatoms. The number of esters is 1. The van der Waals surface area contributed by atoms with Crippen molar-refractivity contribution < 1.29 is 23.5 Å². The number of anilines is 1. The molecule has 2 atom stereocenters. The first-order valence-electron chi connectivity index (χ1n) is 7.70. The van der Waals surface area contributed by atoms with E-state index in [4.69, 9.17) is 9.47 Å². The molecule has 1 aliphatic rings. The number of alkyl halides is 1. The van der Waals surface area contributed by atoms with Crippen LogP contribution >= 0.6 is 0 Å². The molecule has 1 aromatic carbocycles. The van der Waals surface area contributed by atoms with E-state index in [2.05, 4.69) is 19.2 Å². The smallest absolute Gasteiger partial charge is 0.347 e. The Labute approximate surface area is 135 Å². The van der Waals surface area contributed by atoms with Gasteiger partial charge in [-0.1, -0.05) is 26.0 Å². The predicted molar refractivity (Wildman–Crippen MR) is 84.0 cm³/mol. The highest BCUT2D eigenvalue weighted by Gasteiger charge is 2.50. The van der Waals surface area contributed by atoms with Crippen molar-refractivity contribution in [3.05, 3.63) is 29.8 Å². The molecule has 1 saturated heterocycles. The van der Waals surface area contributed by atoms with Gasteiger partial charge in [-0.25, -0.2) is 9.18 Å². The molecule has 0 aliphatic carbocycles. The summed E-state index contributed by atoms with van der Waals surface area (Å²) < 4.78 is 24.2. The topological polar surface area (TPSA) is 64.6 Å². The van der Waals surface area contributed by atoms with Gasteiger partial charge in [0.15, 0.2) is 6.61 Å². The largest absolute Gasteiger partial charge is 0.453 e. The van der Waals surface area contributed by atoms with E-state index in [1.807, 2.05) is 12.1 Å². The molecule has 0 aromatic heterocycles. The van der Waals surface area contributed by atoms with Crippen molar-refractivity contribution in [3.8, 4) is 0 Å². The van der Waals surface area contributed by atoms with Crippen LogP contribution in [0.15, 0.2) is 24.3 Å². The van der Waals surface area contributed by atoms with Gasteiger partial charge in [-0.05, 0) is 30.5 Å². The first-order valence-corrected chi connectivity index (χ1v) is 7.70. The van der Waals surface area contributed by atoms with Crippen LogP contribution in [0.5, 0.6) is 0 Å². The average molecular weight is 323 g/mol. The number of rotatable bonds is 5. The number of hydrogen-bond acceptors (Lipinski definition) is 4. The molecule has 0 bridgehead atoms. The fourth-order valence-electron chi connectivity index (χ4n) is 2.39. The Kier molecular flexibility index (Phi) is 5.36. The third-order valence-corrected chi connectivity index (χ3v) is 4.01. The second-order valence-electron chi connectivity index (χ2n) is 6.03. The molecule has 2 rings (SSSR count). The molecule has 23 heavy (non-hydrogen) atoms. The molecule has 0 spiro atoms. The van der Waals surface area contributed by atoms with Crippen LogP contribution < -0.4 is 5.32 Å². The summed E-state index contributed by atoms with van der Waals surface area (Å²) in [7, 11) is 0. The number of carbonyl (C=O) groups is 2. The molecule has 1 heterocycles. The van der Waals surface area contributed by atoms with Gasteiger partial charge in [-0.2, -0.15) is 0 Å². The maximum Gasteiger partial charge on any atom is 0.347 e. The first-order chi connectivity index (χ1) is 10.8. The van der Waals surface area contributed by atoms with Crippen LogP contribution in [0.3, 0.4) is 0 Å². The zero-order valence-electron chi connectivity index (χ0n) is 13.6. The van der Waals surface area contributed by atoms with Gasteiger partial charge in [0.25, 0.3) is 5.91 Å². The van der Waals surface area contributed by atoms with Crippen molar-refractivity contribution in [2.45, 2.75) is 44.9 Å². The average Bonchev–Trinajstić information content (AvgIpc) is 2.86. The summed E-state index contributed by atoms with van der Waals surface area (Å²) >= 11 is 0. The number of ether oxygens (including phenoxy) is 2. The van der Waals surface area contributed by atoms with E-state index in [-0.39, 0.29) is 13.0 Å². The summed E-state index contributed by atoms with van der Waals surface area (Å²) in [4.78, 5) is 23.6. The fraction of sp³-hybridized carbons (Fsp3) is 0.529. The van der Waals surface area contributed by atoms with Gasteiger partial charge in [0.05, 0.1) is 12.7 Å². The second-order valence-corrected chi connectivity index (χ2v) is 6.03. The lowest BCUT2D eigenvalue weighted by Crippen LogP contribution is -2.42. The van der Waals surface area contributed by atoms with Gasteiger partial charge in [-0.3, -0.25) is 4.79 Å². The van der Waals surface area contributed by atoms with Crippen molar-refractivity contribution in [2.24, 2.45) is 0 Å². The molecule has 5 nitrogen and oxygen atoms in total. The van der Waals surface area contributed by atoms with Crippen molar-refractivity contribution in [2.75, 3.05) is 18.5 Å². The van der Waals surface area contributed by atoms with Crippen molar-refractivity contribution in [1.82, 2.24) is 0 Å². The summed E-state index contributed by atoms with van der Waals surface area (Å²) in [6.07, 6.45) is -0.910. The van der Waals surface area contributed by atoms with Gasteiger partial charge in [0.2, 0.25) is 5.67 Å². The Morgan fingerprint density at radius 3 is 2.57 bits per heavy atom. The molecule has 1 N–H and O–H groups in total. The summed E-state index contributed by atoms with van der Waals surface area (Å²) in [5.74, 6) is -1.16. The number of benzene rings is 1. The zero-order chi connectivity index (χ0) is 17.0. The van der Waals surface area contributed by atoms with E-state index in [1.54, 1.807) is 12.1 Å². The lowest BCUT2D eigenvalue weighted by molar-refractivity contribution is -0.162. The third kappa shape index (κ3) is 4.07. The van der Waals surface area contributed by atoms with E-state index >= 15 is 0 Å². The Hall–Kier alpha value is -1.95. The molecule has 0 saturated carbocycles. The van der Waals surface area contributed by atoms with E-state index in [9.17, 15) is 14.0 Å². The van der Waals surface area contributed by atoms with Crippen molar-refractivity contribution in [1.29, 1.82) is 0 Å². The highest BCUT2D eigenvalue weighted by Crippen LogP contribution is 2.31. The number of hydrogen-bond donors (Lipinski definition) is 1. The Morgan fingerprint density at radius 2 is 2.04 bits per heavy atom. The fourth-order valence-corrected chi connectivity index (χ4v) is 2.39. The molecule has 1 fully saturated rings. The van der Waals surface area contributed by atoms with Gasteiger partial charge >= 0.3 is 5.97 Å². The molecule has 2 unspecified atom stereocenters. The molecular weight excluding hydrogens is 301 g/mol. The van der Waals surface area contributed by atoms with Gasteiger partial charge in [-0.15, -0.1) is 0 Å². The molecular formula is C17H22FNO4. The lowest BCUT2D eigenvalue weighted by atomic mass is 9.99. The van der Waals surface area contributed by atoms with Crippen LogP contribution in [0, 0.1) is 0 Å². The summed E-state index contributed by atoms with van der Waals surface area (Å²) in [6.45, 7) is 5.27. The van der Waals surface area contributed by atoms with Gasteiger partial charge in [0.1, 0.15) is 0 Å². The number of halogens is 1. The summed E-state index contributed by atoms with van der Waals surface area (Å²) in [6, 6.07) is 7.39. The van der Waals surface area contributed by atoms with E-state index in [0.29, 0.717) is 11.6 Å². The second kappa shape index (κ2) is 7.08. The van der Waals surface area contributed by atoms with E-state index in [0.717, 1.165) is 5.56 Å². The van der Waals surface area contributed by atoms with E-state index in [1.165, 1.54) is 6.92 Å². The quantitative estimate of drug-likeness (QED) is 0.846. The predicted octanol–water partition coefficient (Wildman–Crippen LogP) is 2.81. The van der Waals surface area contributed by atoms with E-state index < -0.39 is 30.3 Å². The lowest BCUT2D eigenvalue weighted by Gasteiger charge is -2.20. The van der Waals surface area contributed by atoms with Crippen molar-refractivity contribution in [3.63, 3.8) is 0 Å². The van der Waals surface area contributed by atoms with Gasteiger partial charge < -0.3 is 14.8 Å². The van der Waals surface area contributed by atoms with Crippen LogP contribution in [0.2, 0.25) is 0 Å². The number of nitrogens with one attached hydrogen (secondary N) is 1. The Balaban J connectivity index is 1.84. The molecule has 1 amide bonds. The Bertz CT molecular complexity index is 572. The normalized spacial score (nSPS) is 23.8. The SMILES string of the molecule is CC(C)c1ccc(NC(=O)COC(=O)C2(F)CCOC2C)cc1. The Morgan fingerprint density at radius 1 is 1.39 bits per heavy atom. The molecule has 0 radical (unpaired) electrons. The maximum absolute atomic E-state index is 14.4. The minimum atomic E-state index is -2.17. The van der Waals surface area contributed by atoms with Crippen LogP contribution in [-0.2, 0) is 19.1 Å². The summed E-state index contributed by atoms with van der Waals surface area (Å²) in [5.41, 5.74) is -0.411. The first kappa shape index (κ1) is 17.4. The molecule has 1 aliphatic heterocycles. The highest BCUT2D eigenvalue weighted by atomic mass is 19.1. The monoisotopic (exact) mass is 323 g/mol. The van der Waals surface area contributed by atoms with Crippen molar-refractivity contribution >= 4 is 17.6 Å². The number of carbonyl (C=O) groups excluding carboxylic acids is 2. The van der Waals surface area contributed by atoms with Crippen LogP contribution in [0.25, 0.3) is 0 Å². The highest BCUT2D eigenvalue weighted by molar-refractivity contribution is 5.93. The van der Waals surface area contributed by atoms with Crippen LogP contribution in [0.4, 0.5) is 10.1 Å². The van der Waals surface area contributed by atoms with Crippen LogP contribution in [-0.4, -0.2) is 36.9 Å². The third-order valence-electron chi connectivity index (χ3n) is 4.01. The van der Waals surface area contributed by atoms with Gasteiger partial charge in [0, 0.05) is 12.1 Å². The van der Waals surface area contributed by atoms with Crippen LogP contribution in [0.1, 0.15) is 38.7 Å². The molecule has 126 valence electrons. The minimum Gasteiger partial charge on any atom is -0.453 e. The zero-order valence-corrected chi connectivity index (χ0v) is 13.6.